The third kappa shape index (κ3) is 8.59. The fourth-order valence-corrected chi connectivity index (χ4v) is 1.87. The van der Waals surface area contributed by atoms with Crippen LogP contribution in [0.2, 0.25) is 0 Å². The van der Waals surface area contributed by atoms with Gasteiger partial charge < -0.3 is 21.5 Å². The number of primary amides is 1. The number of hydrogen-bond acceptors (Lipinski definition) is 5. The van der Waals surface area contributed by atoms with Gasteiger partial charge in [-0.05, 0) is 25.5 Å². The molecule has 0 saturated heterocycles. The Morgan fingerprint density at radius 2 is 1.87 bits per heavy atom. The minimum absolute atomic E-state index is 0. The van der Waals surface area contributed by atoms with Crippen LogP contribution in [0.25, 0.3) is 0 Å². The van der Waals surface area contributed by atoms with Gasteiger partial charge >= 0.3 is 0 Å². The lowest BCUT2D eigenvalue weighted by atomic mass is 10.1. The van der Waals surface area contributed by atoms with E-state index >= 15 is 0 Å². The summed E-state index contributed by atoms with van der Waals surface area (Å²) in [6.07, 6.45) is 5.63. The number of nitrogens with two attached hydrogens (primary N) is 2. The highest BCUT2D eigenvalue weighted by molar-refractivity contribution is 5.97. The fourth-order valence-electron chi connectivity index (χ4n) is 1.87. The van der Waals surface area contributed by atoms with Crippen molar-refractivity contribution >= 4 is 42.3 Å². The molecule has 0 unspecified atom stereocenters. The Morgan fingerprint density at radius 1 is 1.22 bits per heavy atom. The number of unbranched alkanes of at least 4 members (excludes halogenated alkanes) is 3. The van der Waals surface area contributed by atoms with Gasteiger partial charge in [-0.1, -0.05) is 12.8 Å². The normalized spacial score (nSPS) is 9.30. The van der Waals surface area contributed by atoms with E-state index in [1.165, 1.54) is 19.4 Å². The predicted octanol–water partition coefficient (Wildman–Crippen LogP) is 1.88. The molecule has 0 radical (unpaired) electrons. The number of amides is 2. The van der Waals surface area contributed by atoms with Crippen LogP contribution in [-0.2, 0) is 4.79 Å². The van der Waals surface area contributed by atoms with Crippen molar-refractivity contribution < 1.29 is 14.3 Å². The molecule has 0 aliphatic heterocycles. The maximum atomic E-state index is 11.8. The van der Waals surface area contributed by atoms with E-state index in [-0.39, 0.29) is 42.2 Å². The van der Waals surface area contributed by atoms with Gasteiger partial charge in [0.2, 0.25) is 11.8 Å². The minimum Gasteiger partial charge on any atom is -0.480 e. The largest absolute Gasteiger partial charge is 0.480 e. The zero-order valence-electron chi connectivity index (χ0n) is 13.0. The third-order valence-electron chi connectivity index (χ3n) is 2.95. The Balaban J connectivity index is 0. The summed E-state index contributed by atoms with van der Waals surface area (Å²) in [5.74, 6) is -0.635. The number of halogens is 2. The van der Waals surface area contributed by atoms with Crippen molar-refractivity contribution in [3.8, 4) is 5.88 Å². The molecule has 0 aliphatic carbocycles. The van der Waals surface area contributed by atoms with Crippen molar-refractivity contribution in [1.29, 1.82) is 0 Å². The monoisotopic (exact) mass is 366 g/mol. The van der Waals surface area contributed by atoms with Gasteiger partial charge in [-0.15, -0.1) is 24.8 Å². The van der Waals surface area contributed by atoms with E-state index in [9.17, 15) is 9.59 Å². The topological polar surface area (TPSA) is 120 Å². The quantitative estimate of drug-likeness (QED) is 0.576. The van der Waals surface area contributed by atoms with E-state index in [2.05, 4.69) is 10.3 Å². The van der Waals surface area contributed by atoms with Crippen molar-refractivity contribution in [1.82, 2.24) is 4.98 Å². The molecule has 132 valence electrons. The van der Waals surface area contributed by atoms with E-state index in [1.807, 2.05) is 0 Å². The summed E-state index contributed by atoms with van der Waals surface area (Å²) in [5.41, 5.74) is 11.2. The first-order valence-electron chi connectivity index (χ1n) is 6.92. The second kappa shape index (κ2) is 12.9. The Hall–Kier alpha value is -1.57. The molecule has 23 heavy (non-hydrogen) atoms. The molecule has 1 aromatic heterocycles. The van der Waals surface area contributed by atoms with Crippen LogP contribution in [-0.4, -0.2) is 30.5 Å². The molecule has 1 aromatic rings. The number of nitrogens with one attached hydrogen (secondary N) is 1. The number of carbonyl (C=O) groups is 2. The predicted molar refractivity (Wildman–Crippen MR) is 94.6 cm³/mol. The molecule has 0 fully saturated rings. The summed E-state index contributed by atoms with van der Waals surface area (Å²) in [7, 11) is 1.40. The van der Waals surface area contributed by atoms with Crippen molar-refractivity contribution in [2.24, 2.45) is 11.5 Å². The Bertz CT molecular complexity index is 501. The SMILES string of the molecule is COc1ncc(NC(=O)CCCCCCN)cc1C(N)=O.Cl.Cl. The van der Waals surface area contributed by atoms with E-state index in [1.54, 1.807) is 0 Å². The van der Waals surface area contributed by atoms with Crippen LogP contribution in [0.5, 0.6) is 5.88 Å². The van der Waals surface area contributed by atoms with Gasteiger partial charge in [0.15, 0.2) is 0 Å². The van der Waals surface area contributed by atoms with E-state index in [0.29, 0.717) is 18.7 Å². The Morgan fingerprint density at radius 3 is 2.43 bits per heavy atom. The maximum absolute atomic E-state index is 11.8. The van der Waals surface area contributed by atoms with Crippen LogP contribution >= 0.6 is 24.8 Å². The molecule has 0 aromatic carbocycles. The summed E-state index contributed by atoms with van der Waals surface area (Å²) in [4.78, 5) is 27.0. The smallest absolute Gasteiger partial charge is 0.254 e. The summed E-state index contributed by atoms with van der Waals surface area (Å²) < 4.78 is 4.93. The first-order valence-corrected chi connectivity index (χ1v) is 6.92. The molecule has 7 nitrogen and oxygen atoms in total. The van der Waals surface area contributed by atoms with Gasteiger partial charge in [0.1, 0.15) is 5.56 Å². The minimum atomic E-state index is -0.655. The summed E-state index contributed by atoms with van der Waals surface area (Å²) in [6.45, 7) is 0.680. The van der Waals surface area contributed by atoms with Crippen molar-refractivity contribution in [2.75, 3.05) is 19.0 Å². The number of anilines is 1. The molecule has 1 heterocycles. The lowest BCUT2D eigenvalue weighted by molar-refractivity contribution is -0.116. The number of methoxy groups -OCH3 is 1. The van der Waals surface area contributed by atoms with Crippen LogP contribution in [0.15, 0.2) is 12.3 Å². The summed E-state index contributed by atoms with van der Waals surface area (Å²) >= 11 is 0. The summed E-state index contributed by atoms with van der Waals surface area (Å²) in [6, 6.07) is 1.46. The van der Waals surface area contributed by atoms with E-state index < -0.39 is 5.91 Å². The van der Waals surface area contributed by atoms with Crippen LogP contribution < -0.4 is 21.5 Å². The van der Waals surface area contributed by atoms with Crippen molar-refractivity contribution in [3.05, 3.63) is 17.8 Å². The highest BCUT2D eigenvalue weighted by Gasteiger charge is 2.12. The number of carbonyl (C=O) groups excluding carboxylic acids is 2. The molecule has 0 aliphatic rings. The summed E-state index contributed by atoms with van der Waals surface area (Å²) in [5, 5.41) is 2.69. The van der Waals surface area contributed by atoms with Crippen molar-refractivity contribution in [2.45, 2.75) is 32.1 Å². The zero-order valence-corrected chi connectivity index (χ0v) is 14.7. The molecular formula is C14H24Cl2N4O3. The fraction of sp³-hybridized carbons (Fsp3) is 0.500. The molecule has 2 amide bonds. The average Bonchev–Trinajstić information content (AvgIpc) is 2.47. The van der Waals surface area contributed by atoms with Crippen LogP contribution in [0, 0.1) is 0 Å². The lowest BCUT2D eigenvalue weighted by Gasteiger charge is -2.08. The molecule has 1 rings (SSSR count). The van der Waals surface area contributed by atoms with Crippen LogP contribution in [0.1, 0.15) is 42.5 Å². The second-order valence-corrected chi connectivity index (χ2v) is 4.65. The van der Waals surface area contributed by atoms with Gasteiger partial charge in [0.25, 0.3) is 5.91 Å². The molecule has 0 spiro atoms. The number of hydrogen-bond donors (Lipinski definition) is 3. The first kappa shape index (κ1) is 23.7. The van der Waals surface area contributed by atoms with Gasteiger partial charge in [0, 0.05) is 6.42 Å². The Labute approximate surface area is 148 Å². The van der Waals surface area contributed by atoms with E-state index in [4.69, 9.17) is 16.2 Å². The molecule has 0 saturated carbocycles. The Kier molecular flexibility index (Phi) is 13.3. The number of aromatic nitrogens is 1. The van der Waals surface area contributed by atoms with Crippen molar-refractivity contribution in [3.63, 3.8) is 0 Å². The maximum Gasteiger partial charge on any atom is 0.254 e. The van der Waals surface area contributed by atoms with Gasteiger partial charge in [-0.25, -0.2) is 4.98 Å². The molecule has 0 bridgehead atoms. The van der Waals surface area contributed by atoms with Gasteiger partial charge in [-0.3, -0.25) is 9.59 Å². The van der Waals surface area contributed by atoms with Crippen LogP contribution in [0.3, 0.4) is 0 Å². The average molecular weight is 367 g/mol. The lowest BCUT2D eigenvalue weighted by Crippen LogP contribution is -2.16. The number of rotatable bonds is 9. The number of nitrogens with zero attached hydrogens (tertiary/aromatic N) is 1. The highest BCUT2D eigenvalue weighted by atomic mass is 35.5. The highest BCUT2D eigenvalue weighted by Crippen LogP contribution is 2.19. The van der Waals surface area contributed by atoms with E-state index in [0.717, 1.165) is 25.7 Å². The molecule has 0 atom stereocenters. The number of ether oxygens (including phenoxy) is 1. The molecule has 9 heteroatoms. The van der Waals surface area contributed by atoms with Gasteiger partial charge in [0.05, 0.1) is 19.0 Å². The molecule has 5 N–H and O–H groups in total. The zero-order chi connectivity index (χ0) is 15.7. The second-order valence-electron chi connectivity index (χ2n) is 4.65. The standard InChI is InChI=1S/C14H22N4O3.2ClH/c1-21-14-11(13(16)20)8-10(9-17-14)18-12(19)6-4-2-3-5-7-15;;/h8-9H,2-7,15H2,1H3,(H2,16,20)(H,18,19);2*1H. The number of pyridine rings is 1. The first-order chi connectivity index (χ1) is 10.1. The molecular weight excluding hydrogens is 343 g/mol. The van der Waals surface area contributed by atoms with Gasteiger partial charge in [-0.2, -0.15) is 0 Å². The third-order valence-corrected chi connectivity index (χ3v) is 2.95. The van der Waals surface area contributed by atoms with Crippen LogP contribution in [0.4, 0.5) is 5.69 Å².